The van der Waals surface area contributed by atoms with Crippen LogP contribution in [0.4, 0.5) is 4.79 Å². The number of ether oxygens (including phenoxy) is 1. The lowest BCUT2D eigenvalue weighted by atomic mass is 9.96. The van der Waals surface area contributed by atoms with Gasteiger partial charge in [-0.15, -0.1) is 5.48 Å². The highest BCUT2D eigenvalue weighted by atomic mass is 16.8. The van der Waals surface area contributed by atoms with E-state index >= 15 is 0 Å². The third kappa shape index (κ3) is 5.62. The second kappa shape index (κ2) is 5.35. The first-order valence-electron chi connectivity index (χ1n) is 5.63. The van der Waals surface area contributed by atoms with E-state index in [1.54, 1.807) is 0 Å². The molecule has 0 atom stereocenters. The average Bonchev–Trinajstić information content (AvgIpc) is 2.14. The summed E-state index contributed by atoms with van der Waals surface area (Å²) in [5, 5.41) is 0. The Morgan fingerprint density at radius 3 is 2.33 bits per heavy atom. The van der Waals surface area contributed by atoms with Crippen LogP contribution in [0, 0.1) is 0 Å². The van der Waals surface area contributed by atoms with Crippen molar-refractivity contribution in [3.8, 4) is 0 Å². The lowest BCUT2D eigenvalue weighted by Gasteiger charge is -2.23. The maximum atomic E-state index is 11.2. The van der Waals surface area contributed by atoms with Gasteiger partial charge in [0.1, 0.15) is 5.60 Å². The molecule has 4 nitrogen and oxygen atoms in total. The Kier molecular flexibility index (Phi) is 4.39. The monoisotopic (exact) mass is 215 g/mol. The number of nitrogens with one attached hydrogen (secondary N) is 1. The summed E-state index contributed by atoms with van der Waals surface area (Å²) in [4.78, 5) is 16.0. The molecule has 0 amide bonds. The molecule has 0 radical (unpaired) electrons. The van der Waals surface area contributed by atoms with Crippen LogP contribution in [-0.4, -0.2) is 17.8 Å². The van der Waals surface area contributed by atoms with E-state index in [4.69, 9.17) is 9.57 Å². The molecule has 0 spiro atoms. The number of carbonyl (C=O) groups is 1. The van der Waals surface area contributed by atoms with Gasteiger partial charge in [-0.05, 0) is 33.6 Å². The van der Waals surface area contributed by atoms with E-state index in [0.717, 1.165) is 12.8 Å². The lowest BCUT2D eigenvalue weighted by Crippen LogP contribution is -2.35. The molecular weight excluding hydrogens is 194 g/mol. The van der Waals surface area contributed by atoms with E-state index in [1.807, 2.05) is 20.8 Å². The largest absolute Gasteiger partial charge is 0.528 e. The number of hydroxylamine groups is 1. The summed E-state index contributed by atoms with van der Waals surface area (Å²) in [6, 6.07) is 0.297. The molecule has 1 aliphatic rings. The van der Waals surface area contributed by atoms with E-state index in [9.17, 15) is 4.79 Å². The van der Waals surface area contributed by atoms with Crippen molar-refractivity contribution in [2.24, 2.45) is 0 Å². The molecule has 0 bridgehead atoms. The van der Waals surface area contributed by atoms with Crippen LogP contribution in [0.2, 0.25) is 0 Å². The molecule has 0 saturated heterocycles. The Labute approximate surface area is 91.3 Å². The third-order valence-corrected chi connectivity index (χ3v) is 2.30. The molecule has 0 aromatic rings. The smallest absolute Gasteiger partial charge is 0.427 e. The highest BCUT2D eigenvalue weighted by Gasteiger charge is 2.20. The lowest BCUT2D eigenvalue weighted by molar-refractivity contribution is -0.0426. The molecular formula is C11H21NO3. The molecule has 1 saturated carbocycles. The molecule has 4 heteroatoms. The first kappa shape index (κ1) is 12.3. The fraction of sp³-hybridized carbons (Fsp3) is 0.909. The van der Waals surface area contributed by atoms with Gasteiger partial charge >= 0.3 is 6.16 Å². The minimum Gasteiger partial charge on any atom is -0.427 e. The number of hydrogen-bond acceptors (Lipinski definition) is 4. The second-order valence-electron chi connectivity index (χ2n) is 5.02. The number of rotatable bonds is 2. The van der Waals surface area contributed by atoms with Crippen molar-refractivity contribution >= 4 is 6.16 Å². The molecule has 1 rings (SSSR count). The van der Waals surface area contributed by atoms with Gasteiger partial charge in [0.05, 0.1) is 0 Å². The van der Waals surface area contributed by atoms with Crippen LogP contribution in [-0.2, 0) is 9.57 Å². The molecule has 15 heavy (non-hydrogen) atoms. The normalized spacial score (nSPS) is 18.6. The van der Waals surface area contributed by atoms with Gasteiger partial charge in [0, 0.05) is 6.04 Å². The zero-order valence-electron chi connectivity index (χ0n) is 9.84. The fourth-order valence-corrected chi connectivity index (χ4v) is 1.62. The zero-order chi connectivity index (χ0) is 11.3. The van der Waals surface area contributed by atoms with Gasteiger partial charge in [-0.25, -0.2) is 4.79 Å². The van der Waals surface area contributed by atoms with E-state index in [0.29, 0.717) is 6.04 Å². The number of carbonyl (C=O) groups excluding carboxylic acids is 1. The van der Waals surface area contributed by atoms with Crippen molar-refractivity contribution in [2.75, 3.05) is 0 Å². The summed E-state index contributed by atoms with van der Waals surface area (Å²) in [6.07, 6.45) is 5.19. The Hall–Kier alpha value is -0.770. The summed E-state index contributed by atoms with van der Waals surface area (Å²) < 4.78 is 5.01. The molecule has 0 heterocycles. The van der Waals surface area contributed by atoms with Gasteiger partial charge in [0.25, 0.3) is 0 Å². The van der Waals surface area contributed by atoms with Crippen LogP contribution in [0.5, 0.6) is 0 Å². The minimum atomic E-state index is -0.645. The summed E-state index contributed by atoms with van der Waals surface area (Å²) >= 11 is 0. The minimum absolute atomic E-state index is 0.297. The quantitative estimate of drug-likeness (QED) is 0.568. The second-order valence-corrected chi connectivity index (χ2v) is 5.02. The van der Waals surface area contributed by atoms with Crippen molar-refractivity contribution in [2.45, 2.75) is 64.5 Å². The van der Waals surface area contributed by atoms with Gasteiger partial charge in [0.2, 0.25) is 0 Å². The topological polar surface area (TPSA) is 47.6 Å². The zero-order valence-corrected chi connectivity index (χ0v) is 9.84. The third-order valence-electron chi connectivity index (χ3n) is 2.30. The maximum absolute atomic E-state index is 11.2. The fourth-order valence-electron chi connectivity index (χ4n) is 1.62. The molecule has 1 aliphatic carbocycles. The van der Waals surface area contributed by atoms with Crippen molar-refractivity contribution in [3.05, 3.63) is 0 Å². The summed E-state index contributed by atoms with van der Waals surface area (Å²) in [6.45, 7) is 5.44. The first-order chi connectivity index (χ1) is 6.97. The van der Waals surface area contributed by atoms with Crippen LogP contribution in [0.25, 0.3) is 0 Å². The van der Waals surface area contributed by atoms with Gasteiger partial charge in [0.15, 0.2) is 0 Å². The van der Waals surface area contributed by atoms with Crippen molar-refractivity contribution in [1.29, 1.82) is 0 Å². The van der Waals surface area contributed by atoms with Gasteiger partial charge in [-0.3, -0.25) is 0 Å². The van der Waals surface area contributed by atoms with Crippen molar-refractivity contribution in [3.63, 3.8) is 0 Å². The number of hydrogen-bond donors (Lipinski definition) is 1. The molecule has 88 valence electrons. The highest BCUT2D eigenvalue weighted by molar-refractivity contribution is 5.60. The maximum Gasteiger partial charge on any atom is 0.528 e. The Morgan fingerprint density at radius 2 is 1.80 bits per heavy atom. The predicted octanol–water partition coefficient (Wildman–Crippen LogP) is 2.78. The highest BCUT2D eigenvalue weighted by Crippen LogP contribution is 2.17. The molecule has 1 fully saturated rings. The molecule has 0 aromatic heterocycles. The SMILES string of the molecule is CC(C)(C)OC(=O)ONC1CCCCC1. The van der Waals surface area contributed by atoms with Crippen LogP contribution < -0.4 is 5.48 Å². The Bertz CT molecular complexity index is 204. The summed E-state index contributed by atoms with van der Waals surface area (Å²) in [5.41, 5.74) is 2.27. The van der Waals surface area contributed by atoms with Gasteiger partial charge in [-0.2, -0.15) is 0 Å². The summed E-state index contributed by atoms with van der Waals surface area (Å²) in [5.74, 6) is 0. The van der Waals surface area contributed by atoms with Crippen LogP contribution in [0.1, 0.15) is 52.9 Å². The molecule has 0 aromatic carbocycles. The van der Waals surface area contributed by atoms with E-state index in [2.05, 4.69) is 5.48 Å². The molecule has 0 unspecified atom stereocenters. The van der Waals surface area contributed by atoms with E-state index in [-0.39, 0.29) is 0 Å². The van der Waals surface area contributed by atoms with Crippen LogP contribution in [0.15, 0.2) is 0 Å². The van der Waals surface area contributed by atoms with Crippen LogP contribution >= 0.6 is 0 Å². The van der Waals surface area contributed by atoms with Crippen LogP contribution in [0.3, 0.4) is 0 Å². The Balaban J connectivity index is 2.15. The molecule has 0 aliphatic heterocycles. The average molecular weight is 215 g/mol. The Morgan fingerprint density at radius 1 is 1.20 bits per heavy atom. The van der Waals surface area contributed by atoms with E-state index in [1.165, 1.54) is 19.3 Å². The van der Waals surface area contributed by atoms with Gasteiger partial charge in [-0.1, -0.05) is 19.3 Å². The van der Waals surface area contributed by atoms with Gasteiger partial charge < -0.3 is 9.57 Å². The summed E-state index contributed by atoms with van der Waals surface area (Å²) in [7, 11) is 0. The van der Waals surface area contributed by atoms with E-state index < -0.39 is 11.8 Å². The van der Waals surface area contributed by atoms with Crippen molar-refractivity contribution < 1.29 is 14.4 Å². The predicted molar refractivity (Wildman–Crippen MR) is 57.3 cm³/mol. The standard InChI is InChI=1S/C11H21NO3/c1-11(2,3)14-10(13)15-12-9-7-5-4-6-8-9/h9,12H,4-8H2,1-3H3. The first-order valence-corrected chi connectivity index (χ1v) is 5.63. The van der Waals surface area contributed by atoms with Crippen molar-refractivity contribution in [1.82, 2.24) is 5.48 Å². The molecule has 1 N–H and O–H groups in total.